The van der Waals surface area contributed by atoms with Crippen molar-refractivity contribution < 1.29 is 27.0 Å². The molecule has 10 aromatic rings. The average molecular weight is 1400 g/mol. The molecule has 0 saturated heterocycles. The molecule has 3 aromatic carbocycles. The third-order valence-corrected chi connectivity index (χ3v) is 16.3. The summed E-state index contributed by atoms with van der Waals surface area (Å²) >= 11 is 0. The van der Waals surface area contributed by atoms with E-state index in [4.69, 9.17) is 9.47 Å². The maximum atomic E-state index is 13.6. The molecule has 0 aliphatic rings. The smallest absolute Gasteiger partial charge is 0.417 e. The molecule has 0 aliphatic heterocycles. The van der Waals surface area contributed by atoms with Crippen molar-refractivity contribution in [2.45, 2.75) is 243 Å². The lowest BCUT2D eigenvalue weighted by molar-refractivity contribution is -0.137. The highest BCUT2D eigenvalue weighted by atomic mass is 19.4. The first-order chi connectivity index (χ1) is 47.6. The van der Waals surface area contributed by atoms with Crippen LogP contribution in [0.4, 0.5) is 17.6 Å². The van der Waals surface area contributed by atoms with Crippen molar-refractivity contribution in [3.05, 3.63) is 280 Å². The summed E-state index contributed by atoms with van der Waals surface area (Å²) in [5, 5.41) is 0. The van der Waals surface area contributed by atoms with Crippen molar-refractivity contribution in [1.29, 1.82) is 0 Å². The number of benzene rings is 3. The molecule has 10 rings (SSSR count). The molecule has 0 aliphatic carbocycles. The van der Waals surface area contributed by atoms with Gasteiger partial charge in [-0.15, -0.1) is 0 Å². The van der Waals surface area contributed by atoms with E-state index >= 15 is 0 Å². The monoisotopic (exact) mass is 1400 g/mol. The van der Waals surface area contributed by atoms with Gasteiger partial charge in [0.15, 0.2) is 11.6 Å². The van der Waals surface area contributed by atoms with E-state index in [2.05, 4.69) is 273 Å². The van der Waals surface area contributed by atoms with Gasteiger partial charge in [0.1, 0.15) is 5.75 Å². The molecule has 9 nitrogen and oxygen atoms in total. The summed E-state index contributed by atoms with van der Waals surface area (Å²) in [5.41, 5.74) is 15.4. The van der Waals surface area contributed by atoms with E-state index in [1.807, 2.05) is 94.7 Å². The second-order valence-electron chi connectivity index (χ2n) is 33.2. The fraction of sp³-hybridized carbons (Fsp3) is 0.411. The zero-order valence-corrected chi connectivity index (χ0v) is 66.8. The van der Waals surface area contributed by atoms with Crippen LogP contribution in [0.2, 0.25) is 0 Å². The topological polar surface area (TPSA) is 109 Å². The minimum Gasteiger partial charge on any atom is -0.438 e. The van der Waals surface area contributed by atoms with Gasteiger partial charge in [0, 0.05) is 109 Å². The van der Waals surface area contributed by atoms with Gasteiger partial charge in [0.05, 0.1) is 5.56 Å². The van der Waals surface area contributed by atoms with Crippen LogP contribution in [-0.4, -0.2) is 34.9 Å². The molecule has 13 heteroatoms. The van der Waals surface area contributed by atoms with E-state index in [1.54, 1.807) is 30.6 Å². The van der Waals surface area contributed by atoms with E-state index in [0.29, 0.717) is 23.4 Å². The van der Waals surface area contributed by atoms with Gasteiger partial charge in [-0.05, 0) is 150 Å². The predicted molar refractivity (Wildman–Crippen MR) is 422 cm³/mol. The Kier molecular flexibility index (Phi) is 31.4. The van der Waals surface area contributed by atoms with Crippen LogP contribution < -0.4 is 9.47 Å². The number of rotatable bonds is 7. The predicted octanol–water partition coefficient (Wildman–Crippen LogP) is 25.7. The summed E-state index contributed by atoms with van der Waals surface area (Å²) < 4.78 is 61.7. The molecule has 103 heavy (non-hydrogen) atoms. The molecule has 0 unspecified atom stereocenters. The van der Waals surface area contributed by atoms with Crippen LogP contribution in [0.3, 0.4) is 0 Å². The van der Waals surface area contributed by atoms with E-state index in [9.17, 15) is 17.6 Å². The average Bonchev–Trinajstić information content (AvgIpc) is 0.811. The lowest BCUT2D eigenvalue weighted by atomic mass is 9.88. The molecule has 552 valence electrons. The zero-order chi connectivity index (χ0) is 77.5. The van der Waals surface area contributed by atoms with E-state index in [-0.39, 0.29) is 49.5 Å². The SMILES string of the molecule is CC(C)(C)c1ccc(-c2ccccc2)cn1.CC(C)(C)c1ccc(C(F)(F)F)cn1.CC(C)(C)c1cccnc1Oc1ccccc1F.CC(C)c1ccc(C(C)(C)C)cn1.CCc1cccc(C(C)(C)C)n1.Cc1cccc(C(C)(C)C)n1.Cc1cccc(Oc2ncccc2C(C)(C)C)c1C. The molecule has 0 saturated carbocycles. The minimum absolute atomic E-state index is 0.0152. The summed E-state index contributed by atoms with van der Waals surface area (Å²) in [6, 6.07) is 54.1. The van der Waals surface area contributed by atoms with Gasteiger partial charge in [0.25, 0.3) is 0 Å². The second kappa shape index (κ2) is 37.5. The summed E-state index contributed by atoms with van der Waals surface area (Å²) in [5.74, 6) is 2.36. The molecule has 7 aromatic heterocycles. The van der Waals surface area contributed by atoms with Crippen LogP contribution in [0.25, 0.3) is 11.1 Å². The van der Waals surface area contributed by atoms with Gasteiger partial charge in [-0.1, -0.05) is 257 Å². The van der Waals surface area contributed by atoms with E-state index in [0.717, 1.165) is 58.2 Å². The Morgan fingerprint density at radius 2 is 0.825 bits per heavy atom. The Bertz CT molecular complexity index is 4130. The minimum atomic E-state index is -4.30. The number of hydrogen-bond acceptors (Lipinski definition) is 9. The highest BCUT2D eigenvalue weighted by Gasteiger charge is 2.31. The Balaban J connectivity index is 0.000000257. The Labute approximate surface area is 616 Å². The molecule has 0 N–H and O–H groups in total. The number of ether oxygens (including phenoxy) is 2. The first-order valence-electron chi connectivity index (χ1n) is 35.6. The Morgan fingerprint density at radius 3 is 1.24 bits per heavy atom. The van der Waals surface area contributed by atoms with E-state index in [1.165, 1.54) is 51.5 Å². The van der Waals surface area contributed by atoms with Crippen molar-refractivity contribution >= 4 is 0 Å². The number of alkyl halides is 3. The lowest BCUT2D eigenvalue weighted by Gasteiger charge is -2.22. The normalized spacial score (nSPS) is 11.8. The number of halogens is 4. The molecule has 0 atom stereocenters. The van der Waals surface area contributed by atoms with Crippen molar-refractivity contribution in [1.82, 2.24) is 34.9 Å². The highest BCUT2D eigenvalue weighted by Crippen LogP contribution is 2.36. The van der Waals surface area contributed by atoms with Crippen LogP contribution >= 0.6 is 0 Å². The summed E-state index contributed by atoms with van der Waals surface area (Å²) in [6.07, 6.45) is 4.96. The molecule has 0 amide bonds. The van der Waals surface area contributed by atoms with Crippen molar-refractivity contribution in [3.8, 4) is 34.4 Å². The van der Waals surface area contributed by atoms with Crippen molar-refractivity contribution in [3.63, 3.8) is 0 Å². The summed E-state index contributed by atoms with van der Waals surface area (Å²) in [6.45, 7) is 57.3. The Hall–Kier alpha value is -8.97. The molecule has 0 spiro atoms. The van der Waals surface area contributed by atoms with Gasteiger partial charge < -0.3 is 9.47 Å². The Morgan fingerprint density at radius 1 is 0.369 bits per heavy atom. The highest BCUT2D eigenvalue weighted by molar-refractivity contribution is 5.62. The van der Waals surface area contributed by atoms with Crippen LogP contribution in [0.15, 0.2) is 201 Å². The largest absolute Gasteiger partial charge is 0.438 e. The number of para-hydroxylation sites is 1. The maximum Gasteiger partial charge on any atom is 0.417 e. The zero-order valence-electron chi connectivity index (χ0n) is 66.8. The first kappa shape index (κ1) is 86.4. The molecular formula is C90H117F4N7O2. The fourth-order valence-electron chi connectivity index (χ4n) is 9.55. The molecule has 0 fully saturated rings. The van der Waals surface area contributed by atoms with Gasteiger partial charge in [-0.3, -0.25) is 24.9 Å². The summed E-state index contributed by atoms with van der Waals surface area (Å²) in [4.78, 5) is 30.4. The van der Waals surface area contributed by atoms with Crippen LogP contribution in [-0.2, 0) is 50.5 Å². The summed E-state index contributed by atoms with van der Waals surface area (Å²) in [7, 11) is 0. The van der Waals surface area contributed by atoms with Crippen LogP contribution in [0.5, 0.6) is 23.3 Å². The van der Waals surface area contributed by atoms with Gasteiger partial charge in [0.2, 0.25) is 11.8 Å². The second-order valence-corrected chi connectivity index (χ2v) is 33.2. The molecule has 0 bridgehead atoms. The number of nitrogens with zero attached hydrogens (tertiary/aromatic N) is 7. The van der Waals surface area contributed by atoms with Crippen LogP contribution in [0, 0.1) is 26.6 Å². The third kappa shape index (κ3) is 29.4. The quantitative estimate of drug-likeness (QED) is 0.144. The standard InChI is InChI=1S/C17H21NO.C15H16FNO.C15H17N.C12H19N.C11H17N.C10H12F3N.C10H15N/c1-12-8-6-10-15(13(12)2)19-16-14(17(3,4)5)9-7-11-18-16;1-15(2,3)11-7-6-10-17-14(11)18-13-9-5-4-8-12(13)16;1-15(2,3)14-10-9-13(11-16-14)12-7-5-4-6-8-12;1-9(2)11-7-6-10(8-13-11)12(3,4)5;1-5-9-7-6-8-10(12-9)11(2,3)4;1-9(2,3)8-5-4-7(6-14-8)10(11,12)13;1-8-6-5-7-9(11-8)10(2,3)4/h6-11H,1-5H3;4-10H,1-3H3;4-11H,1-3H3;6-9H,1-5H3;6-8H,5H2,1-4H3;4-6H,1-3H3;5-7H,1-4H3. The molecule has 7 heterocycles. The molecule has 0 radical (unpaired) electrons. The lowest BCUT2D eigenvalue weighted by Crippen LogP contribution is -2.14. The van der Waals surface area contributed by atoms with Gasteiger partial charge >= 0.3 is 6.18 Å². The van der Waals surface area contributed by atoms with Crippen LogP contribution in [0.1, 0.15) is 245 Å². The number of pyridine rings is 7. The van der Waals surface area contributed by atoms with Gasteiger partial charge in [-0.25, -0.2) is 14.4 Å². The number of aromatic nitrogens is 7. The fourth-order valence-corrected chi connectivity index (χ4v) is 9.55. The van der Waals surface area contributed by atoms with Crippen molar-refractivity contribution in [2.75, 3.05) is 0 Å². The third-order valence-electron chi connectivity index (χ3n) is 16.3. The van der Waals surface area contributed by atoms with E-state index < -0.39 is 11.7 Å². The maximum absolute atomic E-state index is 13.6. The van der Waals surface area contributed by atoms with Gasteiger partial charge in [-0.2, -0.15) is 13.2 Å². The first-order valence-corrected chi connectivity index (χ1v) is 35.6. The number of hydrogen-bond donors (Lipinski definition) is 0. The number of aryl methyl sites for hydroxylation is 3. The van der Waals surface area contributed by atoms with Crippen molar-refractivity contribution in [2.24, 2.45) is 0 Å². The molecular weight excluding hydrogens is 1290 g/mol.